The highest BCUT2D eigenvalue weighted by molar-refractivity contribution is 7.93. The number of primary sulfonamides is 1. The van der Waals surface area contributed by atoms with Gasteiger partial charge in [-0.3, -0.25) is 4.55 Å². The van der Waals surface area contributed by atoms with E-state index in [0.717, 1.165) is 12.2 Å². The Bertz CT molecular complexity index is 874. The van der Waals surface area contributed by atoms with E-state index in [-0.39, 0.29) is 5.56 Å². The first-order chi connectivity index (χ1) is 10.5. The van der Waals surface area contributed by atoms with Gasteiger partial charge in [-0.05, 0) is 29.8 Å². The van der Waals surface area contributed by atoms with Crippen molar-refractivity contribution in [1.29, 1.82) is 0 Å². The van der Waals surface area contributed by atoms with Crippen LogP contribution in [0.2, 0.25) is 0 Å². The van der Waals surface area contributed by atoms with E-state index in [2.05, 4.69) is 0 Å². The van der Waals surface area contributed by atoms with Crippen molar-refractivity contribution in [3.63, 3.8) is 0 Å². The molecule has 3 N–H and O–H groups in total. The zero-order valence-electron chi connectivity index (χ0n) is 11.9. The number of allylic oxidation sites excluding steroid dienone is 3. The molecule has 1 aliphatic rings. The van der Waals surface area contributed by atoms with Crippen molar-refractivity contribution in [2.45, 2.75) is 10.9 Å². The summed E-state index contributed by atoms with van der Waals surface area (Å²) in [6, 6.07) is 5.39. The summed E-state index contributed by atoms with van der Waals surface area (Å²) in [6.45, 7) is 0. The first kappa shape index (κ1) is 17.6. The van der Waals surface area contributed by atoms with Crippen molar-refractivity contribution >= 4 is 20.1 Å². The lowest BCUT2D eigenvalue weighted by Gasteiger charge is -2.32. The summed E-state index contributed by atoms with van der Waals surface area (Å²) in [7, 11) is -8.29. The number of hydrogen-bond donors (Lipinski definition) is 2. The lowest BCUT2D eigenvalue weighted by Crippen LogP contribution is -2.42. The average Bonchev–Trinajstić information content (AvgIpc) is 2.45. The van der Waals surface area contributed by atoms with Crippen LogP contribution in [0.25, 0.3) is 0 Å². The summed E-state index contributed by atoms with van der Waals surface area (Å²) in [5.41, 5.74) is -0.00412. The number of nitrogens with two attached hydrogens (primary N) is 1. The monoisotopic (exact) mass is 363 g/mol. The van der Waals surface area contributed by atoms with Crippen LogP contribution in [0.1, 0.15) is 11.5 Å². The lowest BCUT2D eigenvalue weighted by molar-refractivity contribution is 0.273. The molecular weight excluding hydrogens is 349 g/mol. The molecule has 0 amide bonds. The van der Waals surface area contributed by atoms with Crippen molar-refractivity contribution in [1.82, 2.24) is 0 Å². The van der Waals surface area contributed by atoms with E-state index >= 15 is 4.39 Å². The quantitative estimate of drug-likeness (QED) is 0.771. The van der Waals surface area contributed by atoms with Crippen LogP contribution in [0.3, 0.4) is 0 Å². The minimum absolute atomic E-state index is 0.00412. The molecule has 7 nitrogen and oxygen atoms in total. The highest BCUT2D eigenvalue weighted by Gasteiger charge is 2.54. The van der Waals surface area contributed by atoms with Gasteiger partial charge < -0.3 is 4.74 Å². The number of sulfonamides is 1. The van der Waals surface area contributed by atoms with Crippen LogP contribution in [-0.2, 0) is 20.1 Å². The number of methoxy groups -OCH3 is 1. The molecular formula is C13H14FNO6S2. The molecule has 1 aliphatic carbocycles. The molecule has 23 heavy (non-hydrogen) atoms. The molecule has 0 fully saturated rings. The summed E-state index contributed by atoms with van der Waals surface area (Å²) < 4.78 is 75.8. The second kappa shape index (κ2) is 5.71. The molecule has 1 aromatic rings. The normalized spacial score (nSPS) is 25.0. The van der Waals surface area contributed by atoms with Crippen molar-refractivity contribution in [3.05, 3.63) is 53.0 Å². The largest absolute Gasteiger partial charge is 0.497 e. The SMILES string of the molecule is COc1ccc(C2C(S(N)(=O)=O)=CC=CC2(F)S(=O)(=O)O)cc1. The third-order valence-corrected chi connectivity index (χ3v) is 5.63. The summed E-state index contributed by atoms with van der Waals surface area (Å²) in [5, 5.41) is 1.70. The highest BCUT2D eigenvalue weighted by atomic mass is 32.2. The fourth-order valence-corrected chi connectivity index (χ4v) is 4.13. The van der Waals surface area contributed by atoms with Gasteiger partial charge in [0.2, 0.25) is 10.0 Å². The number of alkyl halides is 1. The molecule has 2 unspecified atom stereocenters. The standard InChI is InChI=1S/C13H14FNO6S2/c1-21-10-6-4-9(5-7-10)12-11(22(15,16)17)3-2-8-13(12,14)23(18,19)20/h2-8,12H,1H3,(H2,15,16,17)(H,18,19,20). The summed E-state index contributed by atoms with van der Waals surface area (Å²) in [6.07, 6.45) is 2.45. The van der Waals surface area contributed by atoms with Gasteiger partial charge in [0.15, 0.2) is 0 Å². The molecule has 0 radical (unpaired) electrons. The molecule has 1 aromatic carbocycles. The number of rotatable bonds is 4. The minimum Gasteiger partial charge on any atom is -0.497 e. The summed E-state index contributed by atoms with van der Waals surface area (Å²) in [5.74, 6) is -1.44. The molecule has 2 rings (SSSR count). The topological polar surface area (TPSA) is 124 Å². The van der Waals surface area contributed by atoms with Gasteiger partial charge in [-0.1, -0.05) is 18.2 Å². The second-order valence-electron chi connectivity index (χ2n) is 4.85. The van der Waals surface area contributed by atoms with E-state index in [1.54, 1.807) is 0 Å². The molecule has 0 spiro atoms. The van der Waals surface area contributed by atoms with Gasteiger partial charge in [-0.15, -0.1) is 0 Å². The fraction of sp³-hybridized carbons (Fsp3) is 0.231. The predicted molar refractivity (Wildman–Crippen MR) is 81.5 cm³/mol. The summed E-state index contributed by atoms with van der Waals surface area (Å²) >= 11 is 0. The van der Waals surface area contributed by atoms with Gasteiger partial charge in [0.05, 0.1) is 17.9 Å². The molecule has 0 saturated heterocycles. The smallest absolute Gasteiger partial charge is 0.305 e. The highest BCUT2D eigenvalue weighted by Crippen LogP contribution is 2.46. The molecule has 0 aromatic heterocycles. The van der Waals surface area contributed by atoms with Crippen LogP contribution in [0.15, 0.2) is 47.4 Å². The van der Waals surface area contributed by atoms with E-state index in [4.69, 9.17) is 9.88 Å². The van der Waals surface area contributed by atoms with Crippen LogP contribution < -0.4 is 9.88 Å². The number of hydrogen-bond acceptors (Lipinski definition) is 5. The van der Waals surface area contributed by atoms with E-state index in [1.807, 2.05) is 0 Å². The Balaban J connectivity index is 2.72. The van der Waals surface area contributed by atoms with Crippen molar-refractivity contribution < 1.29 is 30.5 Å². The van der Waals surface area contributed by atoms with Crippen molar-refractivity contribution in [2.75, 3.05) is 7.11 Å². The average molecular weight is 363 g/mol. The number of ether oxygens (including phenoxy) is 1. The molecule has 2 atom stereocenters. The third kappa shape index (κ3) is 3.15. The first-order valence-electron chi connectivity index (χ1n) is 6.23. The van der Waals surface area contributed by atoms with Crippen molar-refractivity contribution in [3.8, 4) is 5.75 Å². The van der Waals surface area contributed by atoms with Crippen LogP contribution in [-0.4, -0.2) is 33.5 Å². The zero-order valence-corrected chi connectivity index (χ0v) is 13.5. The molecule has 10 heteroatoms. The van der Waals surface area contributed by atoms with E-state index < -0.39 is 36.0 Å². The predicted octanol–water partition coefficient (Wildman–Crippen LogP) is 1.07. The Morgan fingerprint density at radius 2 is 1.78 bits per heavy atom. The first-order valence-corrected chi connectivity index (χ1v) is 9.21. The molecule has 0 bridgehead atoms. The Labute approximate surface area is 133 Å². The maximum absolute atomic E-state index is 15.1. The van der Waals surface area contributed by atoms with Crippen LogP contribution in [0.4, 0.5) is 4.39 Å². The second-order valence-corrected chi connectivity index (χ2v) is 7.99. The van der Waals surface area contributed by atoms with E-state index in [0.29, 0.717) is 11.8 Å². The van der Waals surface area contributed by atoms with Crippen LogP contribution >= 0.6 is 0 Å². The molecule has 0 saturated carbocycles. The molecule has 0 aliphatic heterocycles. The Kier molecular flexibility index (Phi) is 4.37. The van der Waals surface area contributed by atoms with Gasteiger partial charge >= 0.3 is 10.1 Å². The summed E-state index contributed by atoms with van der Waals surface area (Å²) in [4.78, 5) is -0.662. The minimum atomic E-state index is -5.28. The number of benzene rings is 1. The maximum Gasteiger partial charge on any atom is 0.305 e. The van der Waals surface area contributed by atoms with Gasteiger partial charge in [-0.2, -0.15) is 8.42 Å². The Morgan fingerprint density at radius 3 is 2.22 bits per heavy atom. The molecule has 0 heterocycles. The van der Waals surface area contributed by atoms with Crippen LogP contribution in [0, 0.1) is 0 Å². The lowest BCUT2D eigenvalue weighted by atomic mass is 9.90. The van der Waals surface area contributed by atoms with E-state index in [1.165, 1.54) is 31.4 Å². The fourth-order valence-electron chi connectivity index (χ4n) is 2.34. The van der Waals surface area contributed by atoms with Crippen LogP contribution in [0.5, 0.6) is 5.75 Å². The molecule has 126 valence electrons. The Hall–Kier alpha value is -1.75. The van der Waals surface area contributed by atoms with Gasteiger partial charge in [0.1, 0.15) is 5.75 Å². The van der Waals surface area contributed by atoms with Gasteiger partial charge in [0.25, 0.3) is 5.00 Å². The van der Waals surface area contributed by atoms with Gasteiger partial charge in [0, 0.05) is 0 Å². The van der Waals surface area contributed by atoms with Crippen molar-refractivity contribution in [2.24, 2.45) is 5.14 Å². The van der Waals surface area contributed by atoms with E-state index in [9.17, 15) is 21.4 Å². The zero-order chi connectivity index (χ0) is 17.5. The third-order valence-electron chi connectivity index (χ3n) is 3.44. The maximum atomic E-state index is 15.1. The Morgan fingerprint density at radius 1 is 1.22 bits per heavy atom. The van der Waals surface area contributed by atoms with Gasteiger partial charge in [-0.25, -0.2) is 17.9 Å². The number of halogens is 1.